The van der Waals surface area contributed by atoms with Crippen LogP contribution in [0.5, 0.6) is 0 Å². The summed E-state index contributed by atoms with van der Waals surface area (Å²) >= 11 is 0. The first-order valence-electron chi connectivity index (χ1n) is 4.49. The molecule has 0 fully saturated rings. The van der Waals surface area contributed by atoms with Gasteiger partial charge in [0.25, 0.3) is 0 Å². The molecule has 1 atom stereocenters. The van der Waals surface area contributed by atoms with Gasteiger partial charge in [0.15, 0.2) is 5.96 Å². The molecular formula is C8H19N5O. The second-order valence-corrected chi connectivity index (χ2v) is 3.32. The molecule has 0 radical (unpaired) electrons. The Hall–Kier alpha value is -1.30. The highest BCUT2D eigenvalue weighted by molar-refractivity contribution is 5.81. The van der Waals surface area contributed by atoms with Crippen molar-refractivity contribution in [1.29, 1.82) is 5.41 Å². The average molecular weight is 201 g/mol. The van der Waals surface area contributed by atoms with Gasteiger partial charge in [0.2, 0.25) is 5.91 Å². The molecule has 0 rings (SSSR count). The van der Waals surface area contributed by atoms with E-state index >= 15 is 0 Å². The summed E-state index contributed by atoms with van der Waals surface area (Å²) in [5.74, 6) is -0.134. The summed E-state index contributed by atoms with van der Waals surface area (Å²) in [6.45, 7) is 0.573. The minimum absolute atomic E-state index is 0.0579. The number of hydrogen-bond acceptors (Lipinski definition) is 3. The van der Waals surface area contributed by atoms with Gasteiger partial charge in [-0.15, -0.1) is 0 Å². The summed E-state index contributed by atoms with van der Waals surface area (Å²) in [7, 11) is 3.35. The Morgan fingerprint density at radius 1 is 1.57 bits per heavy atom. The largest absolute Gasteiger partial charge is 0.370 e. The monoisotopic (exact) mass is 201 g/mol. The third-order valence-electron chi connectivity index (χ3n) is 1.77. The number of nitrogens with one attached hydrogen (secondary N) is 2. The van der Waals surface area contributed by atoms with Crippen LogP contribution in [0.25, 0.3) is 0 Å². The lowest BCUT2D eigenvalue weighted by atomic mass is 10.1. The Bertz CT molecular complexity index is 204. The molecule has 82 valence electrons. The number of nitrogens with zero attached hydrogens (tertiary/aromatic N) is 1. The molecule has 0 aliphatic carbocycles. The third-order valence-corrected chi connectivity index (χ3v) is 1.77. The molecule has 0 aliphatic rings. The fraction of sp³-hybridized carbons (Fsp3) is 0.750. The van der Waals surface area contributed by atoms with E-state index in [1.165, 1.54) is 4.90 Å². The second kappa shape index (κ2) is 6.20. The molecule has 0 aliphatic heterocycles. The molecule has 0 unspecified atom stereocenters. The van der Waals surface area contributed by atoms with E-state index in [4.69, 9.17) is 16.9 Å². The van der Waals surface area contributed by atoms with Crippen LogP contribution >= 0.6 is 0 Å². The summed E-state index contributed by atoms with van der Waals surface area (Å²) < 4.78 is 0. The van der Waals surface area contributed by atoms with Crippen molar-refractivity contribution < 1.29 is 4.79 Å². The highest BCUT2D eigenvalue weighted by atomic mass is 16.2. The first kappa shape index (κ1) is 12.7. The maximum absolute atomic E-state index is 11.3. The predicted octanol–water partition coefficient (Wildman–Crippen LogP) is -1.33. The Labute approximate surface area is 84.1 Å². The van der Waals surface area contributed by atoms with Crippen molar-refractivity contribution in [2.75, 3.05) is 20.6 Å². The quantitative estimate of drug-likeness (QED) is 0.251. The fourth-order valence-electron chi connectivity index (χ4n) is 1.00. The summed E-state index contributed by atoms with van der Waals surface area (Å²) in [6, 6.07) is -0.459. The highest BCUT2D eigenvalue weighted by Gasteiger charge is 2.14. The van der Waals surface area contributed by atoms with E-state index in [9.17, 15) is 4.79 Å². The summed E-state index contributed by atoms with van der Waals surface area (Å²) in [5, 5.41) is 9.54. The van der Waals surface area contributed by atoms with Crippen LogP contribution in [0, 0.1) is 5.41 Å². The number of likely N-dealkylation sites (N-methyl/N-ethyl adjacent to an activating group) is 1. The zero-order chi connectivity index (χ0) is 11.1. The van der Waals surface area contributed by atoms with Crippen molar-refractivity contribution in [1.82, 2.24) is 10.2 Å². The average Bonchev–Trinajstić information content (AvgIpc) is 2.10. The summed E-state index contributed by atoms with van der Waals surface area (Å²) in [4.78, 5) is 12.8. The maximum atomic E-state index is 11.3. The van der Waals surface area contributed by atoms with E-state index in [0.29, 0.717) is 13.0 Å². The van der Waals surface area contributed by atoms with E-state index in [2.05, 4.69) is 5.32 Å². The molecule has 0 heterocycles. The number of guanidine groups is 1. The molecule has 6 N–H and O–H groups in total. The van der Waals surface area contributed by atoms with Crippen LogP contribution in [-0.2, 0) is 4.79 Å². The smallest absolute Gasteiger partial charge is 0.238 e. The molecule has 14 heavy (non-hydrogen) atoms. The molecular weight excluding hydrogens is 182 g/mol. The van der Waals surface area contributed by atoms with Gasteiger partial charge < -0.3 is 21.7 Å². The second-order valence-electron chi connectivity index (χ2n) is 3.32. The van der Waals surface area contributed by atoms with Crippen LogP contribution in [0.3, 0.4) is 0 Å². The minimum atomic E-state index is -0.459. The Morgan fingerprint density at radius 2 is 2.14 bits per heavy atom. The van der Waals surface area contributed by atoms with Crippen molar-refractivity contribution in [3.05, 3.63) is 0 Å². The van der Waals surface area contributed by atoms with Crippen molar-refractivity contribution >= 4 is 11.9 Å². The first-order chi connectivity index (χ1) is 6.45. The van der Waals surface area contributed by atoms with Crippen LogP contribution in [0.2, 0.25) is 0 Å². The fourth-order valence-corrected chi connectivity index (χ4v) is 1.00. The first-order valence-corrected chi connectivity index (χ1v) is 4.49. The van der Waals surface area contributed by atoms with Crippen molar-refractivity contribution in [2.45, 2.75) is 18.9 Å². The van der Waals surface area contributed by atoms with Crippen molar-refractivity contribution in [2.24, 2.45) is 11.5 Å². The lowest BCUT2D eigenvalue weighted by molar-refractivity contribution is -0.130. The zero-order valence-corrected chi connectivity index (χ0v) is 8.71. The highest BCUT2D eigenvalue weighted by Crippen LogP contribution is 1.96. The molecule has 1 amide bonds. The van der Waals surface area contributed by atoms with Crippen LogP contribution in [0.1, 0.15) is 12.8 Å². The Morgan fingerprint density at radius 3 is 2.57 bits per heavy atom. The van der Waals surface area contributed by atoms with Crippen molar-refractivity contribution in [3.8, 4) is 0 Å². The van der Waals surface area contributed by atoms with Crippen LogP contribution in [0.4, 0.5) is 0 Å². The number of hydrogen-bond donors (Lipinski definition) is 4. The molecule has 0 saturated heterocycles. The van der Waals surface area contributed by atoms with Gasteiger partial charge in [-0.2, -0.15) is 0 Å². The maximum Gasteiger partial charge on any atom is 0.238 e. The zero-order valence-electron chi connectivity index (χ0n) is 8.71. The third kappa shape index (κ3) is 5.36. The number of carbonyl (C=O) groups excluding carboxylic acids is 1. The van der Waals surface area contributed by atoms with E-state index < -0.39 is 6.04 Å². The lowest BCUT2D eigenvalue weighted by Crippen LogP contribution is -2.40. The van der Waals surface area contributed by atoms with E-state index in [1.54, 1.807) is 14.1 Å². The number of amides is 1. The molecule has 0 aromatic rings. The van der Waals surface area contributed by atoms with Crippen LogP contribution < -0.4 is 16.8 Å². The van der Waals surface area contributed by atoms with E-state index in [1.807, 2.05) is 0 Å². The van der Waals surface area contributed by atoms with E-state index in [0.717, 1.165) is 6.42 Å². The standard InChI is InChI=1S/C8H19N5O/c1-13(2)7(14)6(9)4-3-5-12-8(10)11/h6H,3-5,9H2,1-2H3,(H4,10,11,12)/t6-/m0/s1. The van der Waals surface area contributed by atoms with Crippen LogP contribution in [0.15, 0.2) is 0 Å². The number of rotatable bonds is 5. The number of nitrogens with two attached hydrogens (primary N) is 2. The normalized spacial score (nSPS) is 11.9. The molecule has 0 aromatic heterocycles. The van der Waals surface area contributed by atoms with E-state index in [-0.39, 0.29) is 11.9 Å². The van der Waals surface area contributed by atoms with Gasteiger partial charge in [-0.05, 0) is 12.8 Å². The molecule has 0 bridgehead atoms. The molecule has 0 aromatic carbocycles. The summed E-state index contributed by atoms with van der Waals surface area (Å²) in [6.07, 6.45) is 1.32. The SMILES string of the molecule is CN(C)C(=O)[C@@H](N)CCCNC(=N)N. The Kier molecular flexibility index (Phi) is 5.62. The van der Waals surface area contributed by atoms with Gasteiger partial charge in [-0.25, -0.2) is 0 Å². The topological polar surface area (TPSA) is 108 Å². The van der Waals surface area contributed by atoms with Gasteiger partial charge in [0.05, 0.1) is 6.04 Å². The number of carbonyl (C=O) groups is 1. The molecule has 6 nitrogen and oxygen atoms in total. The van der Waals surface area contributed by atoms with Crippen LogP contribution in [-0.4, -0.2) is 43.4 Å². The lowest BCUT2D eigenvalue weighted by Gasteiger charge is -2.16. The van der Waals surface area contributed by atoms with Gasteiger partial charge in [-0.1, -0.05) is 0 Å². The predicted molar refractivity (Wildman–Crippen MR) is 55.8 cm³/mol. The molecule has 6 heteroatoms. The Balaban J connectivity index is 3.59. The summed E-state index contributed by atoms with van der Waals surface area (Å²) in [5.41, 5.74) is 10.7. The van der Waals surface area contributed by atoms with Crippen molar-refractivity contribution in [3.63, 3.8) is 0 Å². The molecule has 0 saturated carbocycles. The van der Waals surface area contributed by atoms with Gasteiger partial charge in [-0.3, -0.25) is 10.2 Å². The van der Waals surface area contributed by atoms with Gasteiger partial charge in [0, 0.05) is 20.6 Å². The molecule has 0 spiro atoms. The van der Waals surface area contributed by atoms with Gasteiger partial charge >= 0.3 is 0 Å². The van der Waals surface area contributed by atoms with Gasteiger partial charge in [0.1, 0.15) is 0 Å². The minimum Gasteiger partial charge on any atom is -0.370 e.